The lowest BCUT2D eigenvalue weighted by Crippen LogP contribution is -2.37. The van der Waals surface area contributed by atoms with E-state index in [-0.39, 0.29) is 12.2 Å². The van der Waals surface area contributed by atoms with Gasteiger partial charge in [-0.1, -0.05) is 6.42 Å². The third-order valence-electron chi connectivity index (χ3n) is 2.30. The Bertz CT molecular complexity index is 230. The van der Waals surface area contributed by atoms with Crippen LogP contribution < -0.4 is 0 Å². The Balaban J connectivity index is 2.70. The Morgan fingerprint density at radius 2 is 2.08 bits per heavy atom. The second-order valence-corrected chi connectivity index (χ2v) is 3.52. The predicted octanol–water partition coefficient (Wildman–Crippen LogP) is 1.97. The largest absolute Gasteiger partial charge is 0.303 e. The molecule has 13 heavy (non-hydrogen) atoms. The summed E-state index contributed by atoms with van der Waals surface area (Å²) in [7, 11) is 0. The molecule has 0 radical (unpaired) electrons. The van der Waals surface area contributed by atoms with Crippen molar-refractivity contribution in [3.63, 3.8) is 0 Å². The van der Waals surface area contributed by atoms with Gasteiger partial charge in [0.05, 0.1) is 5.92 Å². The molecule has 1 saturated carbocycles. The summed E-state index contributed by atoms with van der Waals surface area (Å²) in [4.78, 5) is 22.2. The fourth-order valence-electron chi connectivity index (χ4n) is 1.57. The third kappa shape index (κ3) is 2.32. The van der Waals surface area contributed by atoms with Gasteiger partial charge in [-0.3, -0.25) is 9.59 Å². The molecule has 1 fully saturated rings. The third-order valence-corrected chi connectivity index (χ3v) is 2.30. The molecule has 4 heteroatoms. The number of hydrogen-bond acceptors (Lipinski definition) is 2. The lowest BCUT2D eigenvalue weighted by atomic mass is 9.83. The molecule has 0 amide bonds. The van der Waals surface area contributed by atoms with Crippen LogP contribution in [0, 0.1) is 5.92 Å². The van der Waals surface area contributed by atoms with E-state index in [1.54, 1.807) is 0 Å². The van der Waals surface area contributed by atoms with E-state index in [1.165, 1.54) is 0 Å². The molecule has 1 rings (SSSR count). The topological polar surface area (TPSA) is 34.1 Å². The van der Waals surface area contributed by atoms with Crippen molar-refractivity contribution in [2.75, 3.05) is 0 Å². The Hall–Kier alpha value is -0.800. The van der Waals surface area contributed by atoms with Crippen LogP contribution in [0.5, 0.6) is 0 Å². The van der Waals surface area contributed by atoms with Crippen molar-refractivity contribution >= 4 is 11.6 Å². The summed E-state index contributed by atoms with van der Waals surface area (Å²) in [5.74, 6) is -5.94. The predicted molar refractivity (Wildman–Crippen MR) is 42.6 cm³/mol. The Morgan fingerprint density at radius 3 is 2.54 bits per heavy atom. The summed E-state index contributed by atoms with van der Waals surface area (Å²) in [6, 6.07) is 0. The van der Waals surface area contributed by atoms with Gasteiger partial charge in [0.1, 0.15) is 5.78 Å². The highest BCUT2D eigenvalue weighted by Gasteiger charge is 2.41. The molecule has 0 N–H and O–H groups in total. The van der Waals surface area contributed by atoms with Crippen molar-refractivity contribution in [3.8, 4) is 0 Å². The molecule has 0 spiro atoms. The highest BCUT2D eigenvalue weighted by Crippen LogP contribution is 2.27. The first-order valence-corrected chi connectivity index (χ1v) is 4.38. The van der Waals surface area contributed by atoms with E-state index in [9.17, 15) is 18.4 Å². The standard InChI is InChI=1S/C9H12F2O2/c1-9(10,11)8(13)6-4-2-3-5-7(6)12/h6H,2-5H2,1H3. The molecule has 1 aliphatic rings. The molecule has 2 nitrogen and oxygen atoms in total. The van der Waals surface area contributed by atoms with Gasteiger partial charge in [0.2, 0.25) is 5.78 Å². The zero-order valence-electron chi connectivity index (χ0n) is 7.48. The number of carbonyl (C=O) groups excluding carboxylic acids is 2. The fraction of sp³-hybridized carbons (Fsp3) is 0.778. The van der Waals surface area contributed by atoms with Crippen molar-refractivity contribution in [1.82, 2.24) is 0 Å². The summed E-state index contributed by atoms with van der Waals surface area (Å²) < 4.78 is 25.1. The van der Waals surface area contributed by atoms with Crippen molar-refractivity contribution in [3.05, 3.63) is 0 Å². The second-order valence-electron chi connectivity index (χ2n) is 3.52. The maximum atomic E-state index is 12.6. The molecule has 1 atom stereocenters. The van der Waals surface area contributed by atoms with Gasteiger partial charge < -0.3 is 0 Å². The molecule has 0 bridgehead atoms. The van der Waals surface area contributed by atoms with E-state index in [1.807, 2.05) is 0 Å². The average Bonchev–Trinajstić information content (AvgIpc) is 2.02. The van der Waals surface area contributed by atoms with Crippen LogP contribution >= 0.6 is 0 Å². The smallest absolute Gasteiger partial charge is 0.299 e. The molecule has 0 aromatic heterocycles. The van der Waals surface area contributed by atoms with E-state index in [0.29, 0.717) is 19.8 Å². The number of alkyl halides is 2. The van der Waals surface area contributed by atoms with Crippen LogP contribution in [0.3, 0.4) is 0 Å². The zero-order valence-corrected chi connectivity index (χ0v) is 7.48. The second kappa shape index (κ2) is 3.52. The highest BCUT2D eigenvalue weighted by atomic mass is 19.3. The van der Waals surface area contributed by atoms with Gasteiger partial charge in [-0.05, 0) is 12.8 Å². The lowest BCUT2D eigenvalue weighted by Gasteiger charge is -2.21. The number of Topliss-reactive ketones (excluding diaryl/α,β-unsaturated/α-hetero) is 2. The van der Waals surface area contributed by atoms with E-state index < -0.39 is 17.6 Å². The summed E-state index contributed by atoms with van der Waals surface area (Å²) in [6.07, 6.45) is 1.98. The SMILES string of the molecule is CC(F)(F)C(=O)C1CCCCC1=O. The molecule has 0 aromatic carbocycles. The molecule has 0 heterocycles. The van der Waals surface area contributed by atoms with Crippen LogP contribution in [0.1, 0.15) is 32.6 Å². The summed E-state index contributed by atoms with van der Waals surface area (Å²) in [5.41, 5.74) is 0. The quantitative estimate of drug-likeness (QED) is 0.624. The van der Waals surface area contributed by atoms with Crippen molar-refractivity contribution < 1.29 is 18.4 Å². The number of ketones is 2. The molecule has 1 unspecified atom stereocenters. The first-order chi connectivity index (χ1) is 5.93. The summed E-state index contributed by atoms with van der Waals surface area (Å²) >= 11 is 0. The van der Waals surface area contributed by atoms with Gasteiger partial charge in [0, 0.05) is 13.3 Å². The fourth-order valence-corrected chi connectivity index (χ4v) is 1.57. The van der Waals surface area contributed by atoms with E-state index in [2.05, 4.69) is 0 Å². The van der Waals surface area contributed by atoms with Crippen LogP contribution in [0.2, 0.25) is 0 Å². The molecule has 74 valence electrons. The van der Waals surface area contributed by atoms with Crippen molar-refractivity contribution in [2.45, 2.75) is 38.5 Å². The molecule has 0 saturated heterocycles. The normalized spacial score (nSPS) is 24.5. The van der Waals surface area contributed by atoms with Crippen LogP contribution in [0.25, 0.3) is 0 Å². The Kier molecular flexibility index (Phi) is 2.78. The Morgan fingerprint density at radius 1 is 1.46 bits per heavy atom. The molecule has 0 aromatic rings. The molecular formula is C9H12F2O2. The minimum atomic E-state index is -3.36. The van der Waals surface area contributed by atoms with Gasteiger partial charge in [0.15, 0.2) is 0 Å². The minimum absolute atomic E-state index is 0.270. The molecular weight excluding hydrogens is 178 g/mol. The van der Waals surface area contributed by atoms with Crippen LogP contribution in [-0.4, -0.2) is 17.5 Å². The number of rotatable bonds is 2. The minimum Gasteiger partial charge on any atom is -0.299 e. The van der Waals surface area contributed by atoms with Gasteiger partial charge in [-0.2, -0.15) is 8.78 Å². The first-order valence-electron chi connectivity index (χ1n) is 4.38. The van der Waals surface area contributed by atoms with E-state index in [4.69, 9.17) is 0 Å². The van der Waals surface area contributed by atoms with Gasteiger partial charge >= 0.3 is 5.92 Å². The first kappa shape index (κ1) is 10.3. The maximum Gasteiger partial charge on any atom is 0.303 e. The van der Waals surface area contributed by atoms with Crippen molar-refractivity contribution in [2.24, 2.45) is 5.92 Å². The monoisotopic (exact) mass is 190 g/mol. The number of halogens is 2. The highest BCUT2D eigenvalue weighted by molar-refractivity contribution is 6.05. The zero-order chi connectivity index (χ0) is 10.1. The van der Waals surface area contributed by atoms with Gasteiger partial charge in [-0.15, -0.1) is 0 Å². The summed E-state index contributed by atoms with van der Waals surface area (Å²) in [5, 5.41) is 0. The van der Waals surface area contributed by atoms with Crippen LogP contribution in [0.15, 0.2) is 0 Å². The van der Waals surface area contributed by atoms with Gasteiger partial charge in [-0.25, -0.2) is 0 Å². The number of carbonyl (C=O) groups is 2. The lowest BCUT2D eigenvalue weighted by molar-refractivity contribution is -0.150. The molecule has 0 aliphatic heterocycles. The van der Waals surface area contributed by atoms with Crippen LogP contribution in [-0.2, 0) is 9.59 Å². The maximum absolute atomic E-state index is 12.6. The van der Waals surface area contributed by atoms with E-state index in [0.717, 1.165) is 6.42 Å². The Labute approximate surface area is 75.3 Å². The average molecular weight is 190 g/mol. The van der Waals surface area contributed by atoms with E-state index >= 15 is 0 Å². The van der Waals surface area contributed by atoms with Crippen LogP contribution in [0.4, 0.5) is 8.78 Å². The summed E-state index contributed by atoms with van der Waals surface area (Å²) in [6.45, 7) is 0.553. The van der Waals surface area contributed by atoms with Gasteiger partial charge in [0.25, 0.3) is 0 Å². The molecule has 1 aliphatic carbocycles. The van der Waals surface area contributed by atoms with Crippen molar-refractivity contribution in [1.29, 1.82) is 0 Å². The number of hydrogen-bond donors (Lipinski definition) is 0.